The minimum absolute atomic E-state index is 0.485. The Kier molecular flexibility index (Phi) is 4.77. The Morgan fingerprint density at radius 2 is 2.05 bits per heavy atom. The number of nitrogen functional groups attached to an aromatic ring is 1. The summed E-state index contributed by atoms with van der Waals surface area (Å²) in [4.78, 5) is 8.22. The summed E-state index contributed by atoms with van der Waals surface area (Å²) in [7, 11) is 0. The van der Waals surface area contributed by atoms with Gasteiger partial charge in [0.15, 0.2) is 9.35 Å². The van der Waals surface area contributed by atoms with Crippen molar-refractivity contribution in [3.8, 4) is 10.7 Å². The van der Waals surface area contributed by atoms with Crippen molar-refractivity contribution in [2.75, 3.05) is 5.73 Å². The first-order chi connectivity index (χ1) is 10.6. The molecule has 112 valence electrons. The minimum Gasteiger partial charge on any atom is -0.398 e. The van der Waals surface area contributed by atoms with Crippen LogP contribution in [-0.4, -0.2) is 20.2 Å². The number of aromatic nitrogens is 4. The maximum Gasteiger partial charge on any atom is 0.175 e. The average Bonchev–Trinajstić information content (AvgIpc) is 3.01. The normalized spacial score (nSPS) is 10.8. The van der Waals surface area contributed by atoms with Gasteiger partial charge in [-0.3, -0.25) is 9.97 Å². The van der Waals surface area contributed by atoms with E-state index in [0.717, 1.165) is 14.9 Å². The van der Waals surface area contributed by atoms with Gasteiger partial charge in [0.05, 0.1) is 16.9 Å². The van der Waals surface area contributed by atoms with Gasteiger partial charge in [0.25, 0.3) is 0 Å². The standard InChI is InChI=1S/C13H9Cl2N5S2/c14-8-1-2-9(16)11(15)7(8)6-21-13-20-19-12(22-13)10-5-17-3-4-18-10/h1-5H,6,16H2. The summed E-state index contributed by atoms with van der Waals surface area (Å²) < 4.78 is 0.801. The molecule has 3 rings (SSSR count). The molecule has 2 heterocycles. The number of hydrogen-bond donors (Lipinski definition) is 1. The predicted octanol–water partition coefficient (Wildman–Crippen LogP) is 4.18. The third kappa shape index (κ3) is 3.33. The van der Waals surface area contributed by atoms with E-state index in [4.69, 9.17) is 28.9 Å². The molecule has 0 fully saturated rings. The first-order valence-corrected chi connectivity index (χ1v) is 8.66. The van der Waals surface area contributed by atoms with Crippen LogP contribution in [0.25, 0.3) is 10.7 Å². The second-order valence-corrected chi connectivity index (χ2v) is 7.17. The topological polar surface area (TPSA) is 77.6 Å². The summed E-state index contributed by atoms with van der Waals surface area (Å²) in [5, 5.41) is 10.0. The van der Waals surface area contributed by atoms with Crippen LogP contribution in [0.4, 0.5) is 5.69 Å². The van der Waals surface area contributed by atoms with Crippen LogP contribution in [0.1, 0.15) is 5.56 Å². The fourth-order valence-corrected chi connectivity index (χ4v) is 4.18. The summed E-state index contributed by atoms with van der Waals surface area (Å²) in [5.41, 5.74) is 7.81. The van der Waals surface area contributed by atoms with Crippen LogP contribution in [0, 0.1) is 0 Å². The third-order valence-corrected chi connectivity index (χ3v) is 5.65. The Labute approximate surface area is 144 Å². The Balaban J connectivity index is 1.76. The molecule has 0 bridgehead atoms. The number of nitrogens with two attached hydrogens (primary N) is 1. The van der Waals surface area contributed by atoms with Crippen molar-refractivity contribution >= 4 is 52.0 Å². The zero-order valence-corrected chi connectivity index (χ0v) is 14.2. The van der Waals surface area contributed by atoms with Crippen molar-refractivity contribution in [2.24, 2.45) is 0 Å². The van der Waals surface area contributed by atoms with Crippen LogP contribution in [0.15, 0.2) is 35.1 Å². The van der Waals surface area contributed by atoms with Crippen molar-refractivity contribution in [3.63, 3.8) is 0 Å². The first kappa shape index (κ1) is 15.5. The Bertz CT molecular complexity index is 794. The number of halogens is 2. The number of rotatable bonds is 4. The average molecular weight is 370 g/mol. The number of nitrogens with zero attached hydrogens (tertiary/aromatic N) is 4. The molecule has 0 radical (unpaired) electrons. The Morgan fingerprint density at radius 1 is 1.18 bits per heavy atom. The van der Waals surface area contributed by atoms with Crippen molar-refractivity contribution < 1.29 is 0 Å². The molecule has 0 atom stereocenters. The van der Waals surface area contributed by atoms with Crippen molar-refractivity contribution in [1.29, 1.82) is 0 Å². The van der Waals surface area contributed by atoms with Gasteiger partial charge in [-0.25, -0.2) is 0 Å². The maximum atomic E-state index is 6.19. The summed E-state index contributed by atoms with van der Waals surface area (Å²) in [5.74, 6) is 0.567. The molecule has 22 heavy (non-hydrogen) atoms. The van der Waals surface area contributed by atoms with E-state index >= 15 is 0 Å². The van der Waals surface area contributed by atoms with E-state index < -0.39 is 0 Å². The van der Waals surface area contributed by atoms with Crippen LogP contribution in [0.3, 0.4) is 0 Å². The largest absolute Gasteiger partial charge is 0.398 e. The number of benzene rings is 1. The van der Waals surface area contributed by atoms with Gasteiger partial charge in [-0.05, 0) is 12.1 Å². The monoisotopic (exact) mass is 369 g/mol. The van der Waals surface area contributed by atoms with E-state index in [-0.39, 0.29) is 0 Å². The fourth-order valence-electron chi connectivity index (χ4n) is 1.66. The molecule has 3 aromatic rings. The molecule has 2 aromatic heterocycles. The van der Waals surface area contributed by atoms with E-state index in [1.54, 1.807) is 30.7 Å². The van der Waals surface area contributed by atoms with E-state index in [1.807, 2.05) is 0 Å². The van der Waals surface area contributed by atoms with Gasteiger partial charge < -0.3 is 5.73 Å². The zero-order chi connectivity index (χ0) is 15.5. The highest BCUT2D eigenvalue weighted by Crippen LogP contribution is 2.36. The highest BCUT2D eigenvalue weighted by atomic mass is 35.5. The summed E-state index contributed by atoms with van der Waals surface area (Å²) in [6.45, 7) is 0. The molecule has 1 aromatic carbocycles. The third-order valence-electron chi connectivity index (χ3n) is 2.74. The van der Waals surface area contributed by atoms with Gasteiger partial charge in [-0.2, -0.15) is 0 Å². The van der Waals surface area contributed by atoms with E-state index in [9.17, 15) is 0 Å². The maximum absolute atomic E-state index is 6.19. The Hall–Kier alpha value is -1.41. The van der Waals surface area contributed by atoms with Crippen molar-refractivity contribution in [2.45, 2.75) is 10.1 Å². The lowest BCUT2D eigenvalue weighted by atomic mass is 10.2. The van der Waals surface area contributed by atoms with Gasteiger partial charge in [0.2, 0.25) is 0 Å². The van der Waals surface area contributed by atoms with E-state index in [1.165, 1.54) is 23.1 Å². The van der Waals surface area contributed by atoms with E-state index in [2.05, 4.69) is 20.2 Å². The second kappa shape index (κ2) is 6.78. The van der Waals surface area contributed by atoms with E-state index in [0.29, 0.717) is 27.2 Å². The summed E-state index contributed by atoms with van der Waals surface area (Å²) >= 11 is 15.3. The molecule has 0 aliphatic rings. The molecule has 0 aliphatic heterocycles. The SMILES string of the molecule is Nc1ccc(Cl)c(CSc2nnc(-c3cnccn3)s2)c1Cl. The zero-order valence-electron chi connectivity index (χ0n) is 11.0. The highest BCUT2D eigenvalue weighted by Gasteiger charge is 2.12. The molecule has 2 N–H and O–H groups in total. The highest BCUT2D eigenvalue weighted by molar-refractivity contribution is 8.00. The van der Waals surface area contributed by atoms with Gasteiger partial charge >= 0.3 is 0 Å². The Morgan fingerprint density at radius 3 is 2.82 bits per heavy atom. The lowest BCUT2D eigenvalue weighted by Crippen LogP contribution is -1.92. The van der Waals surface area contributed by atoms with Gasteiger partial charge in [-0.1, -0.05) is 46.3 Å². The molecular weight excluding hydrogens is 361 g/mol. The molecule has 0 aliphatic carbocycles. The molecule has 0 unspecified atom stereocenters. The minimum atomic E-state index is 0.485. The molecule has 0 saturated heterocycles. The quantitative estimate of drug-likeness (QED) is 0.548. The van der Waals surface area contributed by atoms with Gasteiger partial charge in [0, 0.05) is 28.7 Å². The van der Waals surface area contributed by atoms with Gasteiger partial charge in [0.1, 0.15) is 5.69 Å². The summed E-state index contributed by atoms with van der Waals surface area (Å²) in [6, 6.07) is 3.43. The van der Waals surface area contributed by atoms with Crippen molar-refractivity contribution in [1.82, 2.24) is 20.2 Å². The fraction of sp³-hybridized carbons (Fsp3) is 0.0769. The number of thioether (sulfide) groups is 1. The second-order valence-electron chi connectivity index (χ2n) is 4.18. The molecule has 5 nitrogen and oxygen atoms in total. The molecule has 0 spiro atoms. The molecule has 9 heteroatoms. The number of hydrogen-bond acceptors (Lipinski definition) is 7. The molecule has 0 amide bonds. The smallest absolute Gasteiger partial charge is 0.175 e. The molecule has 0 saturated carbocycles. The van der Waals surface area contributed by atoms with Crippen LogP contribution in [0.2, 0.25) is 10.0 Å². The van der Waals surface area contributed by atoms with Crippen LogP contribution in [0.5, 0.6) is 0 Å². The lowest BCUT2D eigenvalue weighted by molar-refractivity contribution is 1.01. The van der Waals surface area contributed by atoms with Crippen LogP contribution >= 0.6 is 46.3 Å². The van der Waals surface area contributed by atoms with Crippen LogP contribution < -0.4 is 5.73 Å². The first-order valence-electron chi connectivity index (χ1n) is 6.10. The lowest BCUT2D eigenvalue weighted by Gasteiger charge is -2.07. The van der Waals surface area contributed by atoms with Crippen LogP contribution in [-0.2, 0) is 5.75 Å². The summed E-state index contributed by atoms with van der Waals surface area (Å²) in [6.07, 6.45) is 4.89. The predicted molar refractivity (Wildman–Crippen MR) is 91.4 cm³/mol. The van der Waals surface area contributed by atoms with Crippen molar-refractivity contribution in [3.05, 3.63) is 46.3 Å². The number of anilines is 1. The molecular formula is C13H9Cl2N5S2. The van der Waals surface area contributed by atoms with Gasteiger partial charge in [-0.15, -0.1) is 10.2 Å².